The molecule has 2 N–H and O–H groups in total. The van der Waals surface area contributed by atoms with E-state index in [1.165, 1.54) is 30.5 Å². The van der Waals surface area contributed by atoms with Gasteiger partial charge in [0.2, 0.25) is 5.91 Å². The molecule has 3 aromatic carbocycles. The quantitative estimate of drug-likeness (QED) is 0.211. The van der Waals surface area contributed by atoms with E-state index in [0.717, 1.165) is 46.2 Å². The summed E-state index contributed by atoms with van der Waals surface area (Å²) in [6.45, 7) is 9.80. The Morgan fingerprint density at radius 1 is 0.976 bits per heavy atom. The Kier molecular flexibility index (Phi) is 9.00. The molecule has 2 heterocycles. The molecule has 1 aliphatic heterocycles. The molecular formula is C36H43N3O3. The lowest BCUT2D eigenvalue weighted by atomic mass is 9.94. The summed E-state index contributed by atoms with van der Waals surface area (Å²) in [6.07, 6.45) is 6.75. The number of carbonyl (C=O) groups is 2. The molecule has 1 atom stereocenters. The molecule has 0 saturated carbocycles. The highest BCUT2D eigenvalue weighted by atomic mass is 16.6. The van der Waals surface area contributed by atoms with Crippen LogP contribution in [0.3, 0.4) is 0 Å². The molecule has 5 rings (SSSR count). The number of aryl methyl sites for hydroxylation is 2. The summed E-state index contributed by atoms with van der Waals surface area (Å²) in [5.41, 5.74) is 7.07. The summed E-state index contributed by atoms with van der Waals surface area (Å²) >= 11 is 0. The van der Waals surface area contributed by atoms with Crippen molar-refractivity contribution >= 4 is 28.5 Å². The van der Waals surface area contributed by atoms with Crippen molar-refractivity contribution in [1.82, 2.24) is 10.3 Å². The predicted molar refractivity (Wildman–Crippen MR) is 170 cm³/mol. The average Bonchev–Trinajstić information content (AvgIpc) is 3.37. The standard InChI is InChI=1S/C36H43N3O3/c1-25-12-15-27(16-13-25)35(29-10-6-7-11-32(29)39-20-8-5-9-21-39)38-33(40)23-26-14-18-31-30(22-26)28(24-37-31)17-19-34(41)42-36(2,3)4/h6-7,10-16,18,22,24,35,37H,5,8-9,17,19-21,23H2,1-4H3,(H,38,40). The van der Waals surface area contributed by atoms with Crippen LogP contribution >= 0.6 is 0 Å². The average molecular weight is 566 g/mol. The summed E-state index contributed by atoms with van der Waals surface area (Å²) in [6, 6.07) is 22.8. The maximum atomic E-state index is 13.6. The Balaban J connectivity index is 1.35. The lowest BCUT2D eigenvalue weighted by molar-refractivity contribution is -0.154. The highest BCUT2D eigenvalue weighted by molar-refractivity contribution is 5.87. The van der Waals surface area contributed by atoms with Gasteiger partial charge in [-0.05, 0) is 88.3 Å². The minimum atomic E-state index is -0.497. The van der Waals surface area contributed by atoms with Crippen LogP contribution in [0.1, 0.15) is 80.3 Å². The first-order valence-corrected chi connectivity index (χ1v) is 15.2. The minimum absolute atomic E-state index is 0.0285. The molecular weight excluding hydrogens is 522 g/mol. The van der Waals surface area contributed by atoms with Crippen LogP contribution in [-0.4, -0.2) is 35.6 Å². The Labute approximate surface area is 249 Å². The van der Waals surface area contributed by atoms with Crippen molar-refractivity contribution in [2.24, 2.45) is 0 Å². The van der Waals surface area contributed by atoms with Crippen LogP contribution in [-0.2, 0) is 27.2 Å². The van der Waals surface area contributed by atoms with Crippen molar-refractivity contribution in [3.05, 3.63) is 101 Å². The summed E-state index contributed by atoms with van der Waals surface area (Å²) in [4.78, 5) is 31.7. The van der Waals surface area contributed by atoms with E-state index < -0.39 is 5.60 Å². The maximum absolute atomic E-state index is 13.6. The largest absolute Gasteiger partial charge is 0.460 e. The number of piperidine rings is 1. The molecule has 1 fully saturated rings. The van der Waals surface area contributed by atoms with Gasteiger partial charge in [-0.1, -0.05) is 54.1 Å². The number of nitrogens with zero attached hydrogens (tertiary/aromatic N) is 1. The van der Waals surface area contributed by atoms with Gasteiger partial charge in [0.1, 0.15) is 5.60 Å². The van der Waals surface area contributed by atoms with E-state index in [-0.39, 0.29) is 24.3 Å². The first-order valence-electron chi connectivity index (χ1n) is 15.2. The van der Waals surface area contributed by atoms with E-state index in [1.54, 1.807) is 0 Å². The van der Waals surface area contributed by atoms with Crippen LogP contribution in [0.25, 0.3) is 10.9 Å². The third-order valence-electron chi connectivity index (χ3n) is 7.88. The molecule has 6 heteroatoms. The van der Waals surface area contributed by atoms with E-state index in [9.17, 15) is 9.59 Å². The Morgan fingerprint density at radius 2 is 1.71 bits per heavy atom. The van der Waals surface area contributed by atoms with Crippen molar-refractivity contribution in [1.29, 1.82) is 0 Å². The lowest BCUT2D eigenvalue weighted by Crippen LogP contribution is -2.34. The van der Waals surface area contributed by atoms with E-state index in [1.807, 2.05) is 39.1 Å². The van der Waals surface area contributed by atoms with Gasteiger partial charge >= 0.3 is 5.97 Å². The van der Waals surface area contributed by atoms with Crippen molar-refractivity contribution in [2.75, 3.05) is 18.0 Å². The monoisotopic (exact) mass is 565 g/mol. The third kappa shape index (κ3) is 7.41. The number of rotatable bonds is 9. The van der Waals surface area contributed by atoms with Gasteiger partial charge in [0, 0.05) is 47.9 Å². The number of para-hydroxylation sites is 1. The zero-order valence-electron chi connectivity index (χ0n) is 25.3. The van der Waals surface area contributed by atoms with Crippen molar-refractivity contribution in [3.63, 3.8) is 0 Å². The van der Waals surface area contributed by atoms with E-state index in [2.05, 4.69) is 76.7 Å². The predicted octanol–water partition coefficient (Wildman–Crippen LogP) is 7.19. The zero-order valence-corrected chi connectivity index (χ0v) is 25.3. The van der Waals surface area contributed by atoms with Gasteiger partial charge in [0.15, 0.2) is 0 Å². The maximum Gasteiger partial charge on any atom is 0.306 e. The molecule has 220 valence electrons. The van der Waals surface area contributed by atoms with Gasteiger partial charge in [0.25, 0.3) is 0 Å². The third-order valence-corrected chi connectivity index (χ3v) is 7.88. The molecule has 1 aliphatic rings. The number of hydrogen-bond donors (Lipinski definition) is 2. The SMILES string of the molecule is Cc1ccc(C(NC(=O)Cc2ccc3[nH]cc(CCC(=O)OC(C)(C)C)c3c2)c2ccccc2N2CCCCC2)cc1. The summed E-state index contributed by atoms with van der Waals surface area (Å²) in [5, 5.41) is 4.42. The number of esters is 1. The molecule has 1 aromatic heterocycles. The first kappa shape index (κ1) is 29.4. The molecule has 0 aliphatic carbocycles. The number of ether oxygens (including phenoxy) is 1. The minimum Gasteiger partial charge on any atom is -0.460 e. The fourth-order valence-electron chi connectivity index (χ4n) is 5.82. The molecule has 6 nitrogen and oxygen atoms in total. The number of aromatic nitrogens is 1. The molecule has 0 spiro atoms. The summed E-state index contributed by atoms with van der Waals surface area (Å²) in [7, 11) is 0. The van der Waals surface area contributed by atoms with Crippen LogP contribution in [0.15, 0.2) is 72.9 Å². The van der Waals surface area contributed by atoms with E-state index in [0.29, 0.717) is 12.8 Å². The van der Waals surface area contributed by atoms with Crippen LogP contribution in [0.2, 0.25) is 0 Å². The number of anilines is 1. The van der Waals surface area contributed by atoms with Crippen LogP contribution in [0, 0.1) is 6.92 Å². The number of fused-ring (bicyclic) bond motifs is 1. The number of amides is 1. The molecule has 1 amide bonds. The molecule has 1 saturated heterocycles. The Morgan fingerprint density at radius 3 is 2.45 bits per heavy atom. The van der Waals surface area contributed by atoms with Crippen molar-refractivity contribution in [3.8, 4) is 0 Å². The second-order valence-corrected chi connectivity index (χ2v) is 12.5. The lowest BCUT2D eigenvalue weighted by Gasteiger charge is -2.33. The van der Waals surface area contributed by atoms with Crippen molar-refractivity contribution < 1.29 is 14.3 Å². The highest BCUT2D eigenvalue weighted by Crippen LogP contribution is 2.33. The van der Waals surface area contributed by atoms with E-state index in [4.69, 9.17) is 4.74 Å². The van der Waals surface area contributed by atoms with Crippen LogP contribution in [0.5, 0.6) is 0 Å². The van der Waals surface area contributed by atoms with Gasteiger partial charge in [-0.15, -0.1) is 0 Å². The van der Waals surface area contributed by atoms with Gasteiger partial charge < -0.3 is 19.9 Å². The second kappa shape index (κ2) is 12.8. The molecule has 42 heavy (non-hydrogen) atoms. The molecule has 0 radical (unpaired) electrons. The number of carbonyl (C=O) groups excluding carboxylic acids is 2. The fourth-order valence-corrected chi connectivity index (χ4v) is 5.82. The van der Waals surface area contributed by atoms with Crippen molar-refractivity contribution in [2.45, 2.75) is 77.9 Å². The highest BCUT2D eigenvalue weighted by Gasteiger charge is 2.23. The topological polar surface area (TPSA) is 74.4 Å². The van der Waals surface area contributed by atoms with E-state index >= 15 is 0 Å². The van der Waals surface area contributed by atoms with Crippen LogP contribution < -0.4 is 10.2 Å². The smallest absolute Gasteiger partial charge is 0.306 e. The van der Waals surface area contributed by atoms with Gasteiger partial charge in [-0.2, -0.15) is 0 Å². The Hall–Kier alpha value is -4.06. The summed E-state index contributed by atoms with van der Waals surface area (Å²) < 4.78 is 5.48. The number of aromatic amines is 1. The fraction of sp³-hybridized carbons (Fsp3) is 0.389. The number of hydrogen-bond acceptors (Lipinski definition) is 4. The first-order chi connectivity index (χ1) is 20.2. The zero-order chi connectivity index (χ0) is 29.7. The van der Waals surface area contributed by atoms with Crippen LogP contribution in [0.4, 0.5) is 5.69 Å². The molecule has 4 aromatic rings. The Bertz CT molecular complexity index is 1520. The van der Waals surface area contributed by atoms with Gasteiger partial charge in [0.05, 0.1) is 12.5 Å². The number of nitrogens with one attached hydrogen (secondary N) is 2. The van der Waals surface area contributed by atoms with Gasteiger partial charge in [-0.3, -0.25) is 9.59 Å². The number of benzene rings is 3. The van der Waals surface area contributed by atoms with Gasteiger partial charge in [-0.25, -0.2) is 0 Å². The molecule has 0 bridgehead atoms. The number of H-pyrrole nitrogens is 1. The normalized spacial score (nSPS) is 14.5. The molecule has 1 unspecified atom stereocenters. The summed E-state index contributed by atoms with van der Waals surface area (Å²) in [5.74, 6) is -0.237. The second-order valence-electron chi connectivity index (χ2n) is 12.5.